The Bertz CT molecular complexity index is 1010. The summed E-state index contributed by atoms with van der Waals surface area (Å²) < 4.78 is 27.2. The smallest absolute Gasteiger partial charge is 0.314 e. The van der Waals surface area contributed by atoms with Crippen molar-refractivity contribution in [3.63, 3.8) is 0 Å². The van der Waals surface area contributed by atoms with E-state index in [1.807, 2.05) is 6.92 Å². The first-order valence-corrected chi connectivity index (χ1v) is 13.6. The molecule has 8 N–H and O–H groups in total. The van der Waals surface area contributed by atoms with Gasteiger partial charge in [0.1, 0.15) is 17.9 Å². The van der Waals surface area contributed by atoms with Crippen molar-refractivity contribution in [2.45, 2.75) is 59.2 Å². The number of nitrogens with two attached hydrogens (primary N) is 2. The van der Waals surface area contributed by atoms with Crippen LogP contribution in [0.15, 0.2) is 24.3 Å². The van der Waals surface area contributed by atoms with Gasteiger partial charge in [-0.15, -0.1) is 0 Å². The summed E-state index contributed by atoms with van der Waals surface area (Å²) in [6.07, 6.45) is 0.898. The molecule has 0 aliphatic heterocycles. The Morgan fingerprint density at radius 2 is 1.67 bits per heavy atom. The third kappa shape index (κ3) is 9.82. The van der Waals surface area contributed by atoms with E-state index in [-0.39, 0.29) is 37.1 Å². The van der Waals surface area contributed by atoms with Crippen LogP contribution in [0.5, 0.6) is 0 Å². The van der Waals surface area contributed by atoms with Crippen LogP contribution in [0.4, 0.5) is 4.79 Å². The highest BCUT2D eigenvalue weighted by Gasteiger charge is 2.32. The minimum atomic E-state index is -3.70. The number of carbonyl (C=O) groups is 3. The zero-order chi connectivity index (χ0) is 27.5. The number of primary amides is 1. The monoisotopic (exact) mass is 525 g/mol. The minimum Gasteiger partial charge on any atom is -0.384 e. The molecule has 0 bridgehead atoms. The van der Waals surface area contributed by atoms with Gasteiger partial charge in [0.2, 0.25) is 21.8 Å². The van der Waals surface area contributed by atoms with Crippen molar-refractivity contribution >= 4 is 33.7 Å². The summed E-state index contributed by atoms with van der Waals surface area (Å²) >= 11 is 0. The Labute approximate surface area is 213 Å². The van der Waals surface area contributed by atoms with Crippen molar-refractivity contribution in [1.29, 1.82) is 5.41 Å². The van der Waals surface area contributed by atoms with Crippen LogP contribution in [-0.4, -0.2) is 67.9 Å². The molecular weight excluding hydrogens is 486 g/mol. The second-order valence-electron chi connectivity index (χ2n) is 8.57. The topological polar surface area (TPSA) is 201 Å². The summed E-state index contributed by atoms with van der Waals surface area (Å²) in [5.74, 6) is -1.80. The quantitative estimate of drug-likeness (QED) is 0.140. The molecule has 0 fully saturated rings. The predicted molar refractivity (Wildman–Crippen MR) is 139 cm³/mol. The molecule has 0 aliphatic rings. The maximum absolute atomic E-state index is 13.2. The Morgan fingerprint density at radius 3 is 2.14 bits per heavy atom. The highest BCUT2D eigenvalue weighted by atomic mass is 32.2. The average Bonchev–Trinajstić information content (AvgIpc) is 2.82. The van der Waals surface area contributed by atoms with Gasteiger partial charge in [-0.05, 0) is 24.8 Å². The van der Waals surface area contributed by atoms with Gasteiger partial charge in [-0.25, -0.2) is 17.9 Å². The van der Waals surface area contributed by atoms with E-state index in [0.717, 1.165) is 5.56 Å². The number of urea groups is 1. The van der Waals surface area contributed by atoms with Crippen LogP contribution < -0.4 is 26.8 Å². The number of benzene rings is 1. The number of hydrogen-bond donors (Lipinski definition) is 6. The molecule has 202 valence electrons. The summed E-state index contributed by atoms with van der Waals surface area (Å²) in [5.41, 5.74) is 12.1. The minimum absolute atomic E-state index is 0.0788. The molecule has 0 heterocycles. The lowest BCUT2D eigenvalue weighted by Gasteiger charge is -2.29. The van der Waals surface area contributed by atoms with Crippen molar-refractivity contribution in [2.24, 2.45) is 17.4 Å². The van der Waals surface area contributed by atoms with E-state index in [9.17, 15) is 22.8 Å². The number of nitrogens with zero attached hydrogens (tertiary/aromatic N) is 1. The molecule has 13 heteroatoms. The van der Waals surface area contributed by atoms with Crippen LogP contribution >= 0.6 is 0 Å². The standard InChI is InChI=1S/C23H39N7O5S/c1-5-12-36(34,35)29-19(15(4)6-2)22(32)28-18(14-30(7-3)23(26)33)21(31)27-13-16-8-10-17(11-9-16)20(24)25/h8-11,15,18-19,29H,5-7,12-14H2,1-4H3,(H3,24,25)(H2,26,33)(H,27,31)(H,28,32)/t15?,18-,19+/m0/s1. The first-order valence-electron chi connectivity index (χ1n) is 11.9. The molecule has 1 aromatic carbocycles. The van der Waals surface area contributed by atoms with Gasteiger partial charge in [-0.1, -0.05) is 51.5 Å². The molecule has 4 amide bonds. The fourth-order valence-corrected chi connectivity index (χ4v) is 4.73. The van der Waals surface area contributed by atoms with Crippen molar-refractivity contribution in [3.8, 4) is 0 Å². The number of amides is 4. The van der Waals surface area contributed by atoms with Crippen LogP contribution in [0.25, 0.3) is 0 Å². The number of carbonyl (C=O) groups excluding carboxylic acids is 3. The van der Waals surface area contributed by atoms with Crippen LogP contribution in [0.1, 0.15) is 51.7 Å². The molecule has 0 saturated carbocycles. The van der Waals surface area contributed by atoms with Gasteiger partial charge in [0.05, 0.1) is 12.3 Å². The average molecular weight is 526 g/mol. The maximum atomic E-state index is 13.2. The largest absolute Gasteiger partial charge is 0.384 e. The second-order valence-corrected chi connectivity index (χ2v) is 10.4. The predicted octanol–water partition coefficient (Wildman–Crippen LogP) is 0.216. The number of amidine groups is 1. The Kier molecular flexibility index (Phi) is 12.3. The lowest BCUT2D eigenvalue weighted by molar-refractivity contribution is -0.130. The number of sulfonamides is 1. The normalized spacial score (nSPS) is 13.8. The van der Waals surface area contributed by atoms with Gasteiger partial charge in [-0.2, -0.15) is 0 Å². The molecule has 1 rings (SSSR count). The van der Waals surface area contributed by atoms with Gasteiger partial charge >= 0.3 is 6.03 Å². The summed E-state index contributed by atoms with van der Waals surface area (Å²) in [7, 11) is -3.70. The molecule has 0 saturated heterocycles. The zero-order valence-electron chi connectivity index (χ0n) is 21.3. The molecule has 0 aliphatic carbocycles. The van der Waals surface area contributed by atoms with Gasteiger partial charge < -0.3 is 27.0 Å². The van der Waals surface area contributed by atoms with Gasteiger partial charge in [0.25, 0.3) is 0 Å². The molecular formula is C23H39N7O5S. The molecule has 1 unspecified atom stereocenters. The highest BCUT2D eigenvalue weighted by molar-refractivity contribution is 7.89. The third-order valence-corrected chi connectivity index (χ3v) is 7.29. The lowest BCUT2D eigenvalue weighted by Crippen LogP contribution is -2.59. The van der Waals surface area contributed by atoms with Crippen molar-refractivity contribution in [3.05, 3.63) is 35.4 Å². The molecule has 0 radical (unpaired) electrons. The molecule has 3 atom stereocenters. The van der Waals surface area contributed by atoms with E-state index >= 15 is 0 Å². The number of nitrogen functional groups attached to an aromatic ring is 1. The molecule has 0 aromatic heterocycles. The van der Waals surface area contributed by atoms with E-state index in [0.29, 0.717) is 18.4 Å². The molecule has 1 aromatic rings. The van der Waals surface area contributed by atoms with E-state index in [1.54, 1.807) is 45.0 Å². The highest BCUT2D eigenvalue weighted by Crippen LogP contribution is 2.11. The van der Waals surface area contributed by atoms with Gasteiger partial charge in [0, 0.05) is 18.7 Å². The van der Waals surface area contributed by atoms with Crippen LogP contribution in [0.3, 0.4) is 0 Å². The Balaban J connectivity index is 3.09. The first-order chi connectivity index (χ1) is 16.8. The van der Waals surface area contributed by atoms with Crippen LogP contribution in [0, 0.1) is 11.3 Å². The zero-order valence-corrected chi connectivity index (χ0v) is 22.2. The van der Waals surface area contributed by atoms with E-state index < -0.39 is 40.0 Å². The number of hydrogen-bond acceptors (Lipinski definition) is 6. The molecule has 0 spiro atoms. The molecule has 36 heavy (non-hydrogen) atoms. The second kappa shape index (κ2) is 14.4. The summed E-state index contributed by atoms with van der Waals surface area (Å²) in [6, 6.07) is 3.67. The van der Waals surface area contributed by atoms with Crippen molar-refractivity contribution in [2.75, 3.05) is 18.8 Å². The third-order valence-electron chi connectivity index (χ3n) is 5.74. The van der Waals surface area contributed by atoms with Crippen molar-refractivity contribution in [1.82, 2.24) is 20.3 Å². The molecule has 12 nitrogen and oxygen atoms in total. The van der Waals surface area contributed by atoms with Crippen molar-refractivity contribution < 1.29 is 22.8 Å². The Hall–Kier alpha value is -3.19. The van der Waals surface area contributed by atoms with E-state index in [2.05, 4.69) is 15.4 Å². The maximum Gasteiger partial charge on any atom is 0.314 e. The van der Waals surface area contributed by atoms with Crippen LogP contribution in [-0.2, 0) is 26.2 Å². The van der Waals surface area contributed by atoms with E-state index in [1.165, 1.54) is 4.90 Å². The fraction of sp³-hybridized carbons (Fsp3) is 0.565. The first kappa shape index (κ1) is 30.8. The SMILES string of the molecule is CCCS(=O)(=O)N[C@@H](C(=O)N[C@@H](CN(CC)C(N)=O)C(=O)NCc1ccc(C(=N)N)cc1)C(C)CC. The number of nitrogens with one attached hydrogen (secondary N) is 4. The van der Waals surface area contributed by atoms with Gasteiger partial charge in [0.15, 0.2) is 0 Å². The summed E-state index contributed by atoms with van der Waals surface area (Å²) in [6.45, 7) is 7.09. The lowest BCUT2D eigenvalue weighted by atomic mass is 9.99. The summed E-state index contributed by atoms with van der Waals surface area (Å²) in [5, 5.41) is 12.8. The van der Waals surface area contributed by atoms with Crippen LogP contribution in [0.2, 0.25) is 0 Å². The van der Waals surface area contributed by atoms with Gasteiger partial charge in [-0.3, -0.25) is 15.0 Å². The number of rotatable bonds is 15. The Morgan fingerprint density at radius 1 is 1.06 bits per heavy atom. The fourth-order valence-electron chi connectivity index (χ4n) is 3.35. The van der Waals surface area contributed by atoms with E-state index in [4.69, 9.17) is 16.9 Å². The number of likely N-dealkylation sites (N-methyl/N-ethyl adjacent to an activating group) is 1. The summed E-state index contributed by atoms with van der Waals surface area (Å²) in [4.78, 5) is 39.2.